The minimum atomic E-state index is -0.360. The molecule has 1 aromatic heterocycles. The summed E-state index contributed by atoms with van der Waals surface area (Å²) in [5.74, 6) is 0.446. The van der Waals surface area contributed by atoms with Gasteiger partial charge in [-0.1, -0.05) is 0 Å². The molecule has 1 saturated carbocycles. The Hall–Kier alpha value is -2.02. The first-order valence-electron chi connectivity index (χ1n) is 9.22. The number of amides is 2. The van der Waals surface area contributed by atoms with Gasteiger partial charge in [-0.2, -0.15) is 0 Å². The van der Waals surface area contributed by atoms with Gasteiger partial charge in [0, 0.05) is 32.0 Å². The van der Waals surface area contributed by atoms with Crippen LogP contribution in [0.5, 0.6) is 0 Å². The summed E-state index contributed by atoms with van der Waals surface area (Å²) >= 11 is 0. The first kappa shape index (κ1) is 16.4. The second kappa shape index (κ2) is 6.71. The number of hydrogen-bond donors (Lipinski definition) is 1. The van der Waals surface area contributed by atoms with Crippen LogP contribution in [0.3, 0.4) is 0 Å². The van der Waals surface area contributed by atoms with Crippen molar-refractivity contribution in [2.45, 2.75) is 31.7 Å². The third kappa shape index (κ3) is 3.38. The molecule has 7 heteroatoms. The van der Waals surface area contributed by atoms with Crippen LogP contribution in [-0.2, 0) is 9.59 Å². The van der Waals surface area contributed by atoms with Crippen molar-refractivity contribution in [3.63, 3.8) is 0 Å². The van der Waals surface area contributed by atoms with Crippen LogP contribution in [0.15, 0.2) is 18.5 Å². The highest BCUT2D eigenvalue weighted by Gasteiger charge is 2.45. The maximum atomic E-state index is 13.2. The van der Waals surface area contributed by atoms with Crippen LogP contribution in [0.2, 0.25) is 0 Å². The SMILES string of the molecule is NC(=O)[C@H]1CCN(CC2CC2)C[C@H]1C(=O)N1CC[C@@H]1c1ncccn1. The third-order valence-corrected chi connectivity index (χ3v) is 5.78. The Bertz CT molecular complexity index is 648. The van der Waals surface area contributed by atoms with Crippen molar-refractivity contribution in [2.75, 3.05) is 26.2 Å². The minimum Gasteiger partial charge on any atom is -0.369 e. The lowest BCUT2D eigenvalue weighted by molar-refractivity contribution is -0.151. The molecule has 3 fully saturated rings. The monoisotopic (exact) mass is 343 g/mol. The van der Waals surface area contributed by atoms with Crippen LogP contribution in [0.1, 0.15) is 37.5 Å². The van der Waals surface area contributed by atoms with Crippen LogP contribution >= 0.6 is 0 Å². The maximum Gasteiger partial charge on any atom is 0.228 e. The van der Waals surface area contributed by atoms with Crippen LogP contribution in [-0.4, -0.2) is 57.8 Å². The van der Waals surface area contributed by atoms with Crippen molar-refractivity contribution in [2.24, 2.45) is 23.5 Å². The fraction of sp³-hybridized carbons (Fsp3) is 0.667. The normalized spacial score (nSPS) is 29.9. The van der Waals surface area contributed by atoms with E-state index >= 15 is 0 Å². The van der Waals surface area contributed by atoms with E-state index < -0.39 is 0 Å². The molecule has 0 aromatic carbocycles. The molecule has 2 N–H and O–H groups in total. The van der Waals surface area contributed by atoms with E-state index in [4.69, 9.17) is 5.73 Å². The van der Waals surface area contributed by atoms with Crippen molar-refractivity contribution in [3.8, 4) is 0 Å². The predicted molar refractivity (Wildman–Crippen MR) is 91.1 cm³/mol. The summed E-state index contributed by atoms with van der Waals surface area (Å²) in [7, 11) is 0. The van der Waals surface area contributed by atoms with Crippen LogP contribution in [0.25, 0.3) is 0 Å². The van der Waals surface area contributed by atoms with Crippen molar-refractivity contribution >= 4 is 11.8 Å². The molecule has 0 spiro atoms. The summed E-state index contributed by atoms with van der Waals surface area (Å²) in [5, 5.41) is 0. The molecule has 0 bridgehead atoms. The fourth-order valence-corrected chi connectivity index (χ4v) is 4.06. The number of carbonyl (C=O) groups excluding carboxylic acids is 2. The highest BCUT2D eigenvalue weighted by Crippen LogP contribution is 2.37. The number of hydrogen-bond acceptors (Lipinski definition) is 5. The molecule has 0 unspecified atom stereocenters. The predicted octanol–water partition coefficient (Wildman–Crippen LogP) is 0.583. The molecule has 3 heterocycles. The van der Waals surface area contributed by atoms with Crippen LogP contribution in [0.4, 0.5) is 0 Å². The van der Waals surface area contributed by atoms with Gasteiger partial charge in [0.1, 0.15) is 0 Å². The van der Waals surface area contributed by atoms with Gasteiger partial charge in [-0.05, 0) is 44.2 Å². The van der Waals surface area contributed by atoms with Gasteiger partial charge < -0.3 is 15.5 Å². The Balaban J connectivity index is 1.48. The van der Waals surface area contributed by atoms with Crippen molar-refractivity contribution in [3.05, 3.63) is 24.3 Å². The third-order valence-electron chi connectivity index (χ3n) is 5.78. The average Bonchev–Trinajstić information content (AvgIpc) is 3.38. The second-order valence-corrected chi connectivity index (χ2v) is 7.55. The molecule has 3 atom stereocenters. The zero-order chi connectivity index (χ0) is 17.4. The lowest BCUT2D eigenvalue weighted by atomic mass is 9.82. The highest BCUT2D eigenvalue weighted by molar-refractivity contribution is 5.88. The Kier molecular flexibility index (Phi) is 4.41. The molecular weight excluding hydrogens is 318 g/mol. The molecule has 1 aromatic rings. The number of nitrogens with zero attached hydrogens (tertiary/aromatic N) is 4. The quantitative estimate of drug-likeness (QED) is 0.844. The van der Waals surface area contributed by atoms with Crippen molar-refractivity contribution < 1.29 is 9.59 Å². The standard InChI is InChI=1S/C18H25N5O2/c19-16(24)13-4-8-22(10-12-2-3-12)11-14(13)18(25)23-9-5-15(23)17-20-6-1-7-21-17/h1,6-7,12-15H,2-5,8-11H2,(H2,19,24)/t13-,14+,15+/m0/s1. The summed E-state index contributed by atoms with van der Waals surface area (Å²) < 4.78 is 0. The second-order valence-electron chi connectivity index (χ2n) is 7.55. The van der Waals surface area contributed by atoms with Crippen LogP contribution < -0.4 is 5.73 Å². The molecule has 25 heavy (non-hydrogen) atoms. The van der Waals surface area contributed by atoms with E-state index in [1.165, 1.54) is 12.8 Å². The molecule has 0 radical (unpaired) electrons. The summed E-state index contributed by atoms with van der Waals surface area (Å²) in [6, 6.07) is 1.70. The Labute approximate surface area is 147 Å². The van der Waals surface area contributed by atoms with E-state index in [0.29, 0.717) is 25.3 Å². The Morgan fingerprint density at radius 1 is 1.08 bits per heavy atom. The molecule has 2 saturated heterocycles. The molecule has 1 aliphatic carbocycles. The number of carbonyl (C=O) groups is 2. The van der Waals surface area contributed by atoms with E-state index in [1.54, 1.807) is 18.5 Å². The molecule has 3 aliphatic rings. The summed E-state index contributed by atoms with van der Waals surface area (Å²) in [5.41, 5.74) is 5.61. The largest absolute Gasteiger partial charge is 0.369 e. The van der Waals surface area contributed by atoms with Gasteiger partial charge in [0.25, 0.3) is 0 Å². The Morgan fingerprint density at radius 2 is 1.84 bits per heavy atom. The van der Waals surface area contributed by atoms with E-state index in [-0.39, 0.29) is 29.7 Å². The smallest absolute Gasteiger partial charge is 0.228 e. The van der Waals surface area contributed by atoms with E-state index in [2.05, 4.69) is 14.9 Å². The lowest BCUT2D eigenvalue weighted by Crippen LogP contribution is -2.56. The van der Waals surface area contributed by atoms with E-state index in [1.807, 2.05) is 4.90 Å². The van der Waals surface area contributed by atoms with Gasteiger partial charge in [-0.15, -0.1) is 0 Å². The van der Waals surface area contributed by atoms with Crippen molar-refractivity contribution in [1.82, 2.24) is 19.8 Å². The molecule has 4 rings (SSSR count). The number of rotatable bonds is 5. The van der Waals surface area contributed by atoms with Gasteiger partial charge in [-0.3, -0.25) is 9.59 Å². The van der Waals surface area contributed by atoms with Crippen molar-refractivity contribution in [1.29, 1.82) is 0 Å². The highest BCUT2D eigenvalue weighted by atomic mass is 16.2. The molecule has 2 amide bonds. The number of nitrogens with two attached hydrogens (primary N) is 1. The molecule has 2 aliphatic heterocycles. The van der Waals surface area contributed by atoms with Crippen LogP contribution in [0, 0.1) is 17.8 Å². The zero-order valence-corrected chi connectivity index (χ0v) is 14.4. The average molecular weight is 343 g/mol. The first-order valence-corrected chi connectivity index (χ1v) is 9.22. The fourth-order valence-electron chi connectivity index (χ4n) is 4.06. The topological polar surface area (TPSA) is 92.4 Å². The van der Waals surface area contributed by atoms with Gasteiger partial charge in [0.2, 0.25) is 11.8 Å². The molecule has 7 nitrogen and oxygen atoms in total. The number of aromatic nitrogens is 2. The van der Waals surface area contributed by atoms with E-state index in [0.717, 1.165) is 25.4 Å². The number of likely N-dealkylation sites (tertiary alicyclic amines) is 2. The zero-order valence-electron chi connectivity index (χ0n) is 14.4. The summed E-state index contributed by atoms with van der Waals surface area (Å²) in [6.07, 6.45) is 7.52. The number of piperidine rings is 1. The van der Waals surface area contributed by atoms with Gasteiger partial charge in [-0.25, -0.2) is 9.97 Å². The maximum absolute atomic E-state index is 13.2. The lowest BCUT2D eigenvalue weighted by Gasteiger charge is -2.45. The van der Waals surface area contributed by atoms with Gasteiger partial charge >= 0.3 is 0 Å². The number of primary amides is 1. The summed E-state index contributed by atoms with van der Waals surface area (Å²) in [4.78, 5) is 37.8. The summed E-state index contributed by atoms with van der Waals surface area (Å²) in [6.45, 7) is 3.24. The molecule has 134 valence electrons. The van der Waals surface area contributed by atoms with Gasteiger partial charge in [0.15, 0.2) is 5.82 Å². The Morgan fingerprint density at radius 3 is 2.44 bits per heavy atom. The van der Waals surface area contributed by atoms with Gasteiger partial charge in [0.05, 0.1) is 17.9 Å². The minimum absolute atomic E-state index is 0.0352. The molecular formula is C18H25N5O2. The van der Waals surface area contributed by atoms with E-state index in [9.17, 15) is 9.59 Å². The first-order chi connectivity index (χ1) is 12.1.